The van der Waals surface area contributed by atoms with E-state index in [1.165, 1.54) is 0 Å². The summed E-state index contributed by atoms with van der Waals surface area (Å²) in [6, 6.07) is 3.56. The monoisotopic (exact) mass is 275 g/mol. The van der Waals surface area contributed by atoms with Crippen LogP contribution in [0.2, 0.25) is 0 Å². The summed E-state index contributed by atoms with van der Waals surface area (Å²) < 4.78 is 0. The second-order valence-electron chi connectivity index (χ2n) is 5.32. The molecule has 20 heavy (non-hydrogen) atoms. The van der Waals surface area contributed by atoms with Crippen LogP contribution in [-0.2, 0) is 4.79 Å². The van der Waals surface area contributed by atoms with Gasteiger partial charge in [-0.3, -0.25) is 14.6 Å². The van der Waals surface area contributed by atoms with Crippen molar-refractivity contribution in [3.8, 4) is 0 Å². The molecule has 1 aliphatic heterocycles. The Morgan fingerprint density at radius 2 is 2.30 bits per heavy atom. The lowest BCUT2D eigenvalue weighted by Crippen LogP contribution is -2.33. The van der Waals surface area contributed by atoms with E-state index in [1.54, 1.807) is 30.3 Å². The van der Waals surface area contributed by atoms with Crippen LogP contribution in [0.15, 0.2) is 18.3 Å². The van der Waals surface area contributed by atoms with Gasteiger partial charge in [0.25, 0.3) is 5.91 Å². The van der Waals surface area contributed by atoms with Gasteiger partial charge in [-0.25, -0.2) is 0 Å². The van der Waals surface area contributed by atoms with E-state index in [0.717, 1.165) is 18.8 Å². The molecule has 0 saturated carbocycles. The number of carbonyl (C=O) groups excluding carboxylic acids is 2. The van der Waals surface area contributed by atoms with Crippen LogP contribution < -0.4 is 0 Å². The number of carbonyl (C=O) groups is 2. The number of nitrogens with zero attached hydrogens (tertiary/aromatic N) is 3. The number of likely N-dealkylation sites (tertiary alicyclic amines) is 1. The van der Waals surface area contributed by atoms with E-state index in [0.29, 0.717) is 18.5 Å². The quantitative estimate of drug-likeness (QED) is 0.833. The predicted octanol–water partition coefficient (Wildman–Crippen LogP) is 1.33. The van der Waals surface area contributed by atoms with E-state index in [9.17, 15) is 9.59 Å². The topological polar surface area (TPSA) is 53.5 Å². The van der Waals surface area contributed by atoms with Crippen molar-refractivity contribution in [2.75, 3.05) is 26.7 Å². The minimum Gasteiger partial charge on any atom is -0.343 e. The number of aryl methyl sites for hydroxylation is 1. The van der Waals surface area contributed by atoms with E-state index < -0.39 is 0 Å². The molecule has 1 aromatic rings. The average molecular weight is 275 g/mol. The first-order valence-corrected chi connectivity index (χ1v) is 6.97. The summed E-state index contributed by atoms with van der Waals surface area (Å²) >= 11 is 0. The maximum atomic E-state index is 12.4. The number of amides is 2. The van der Waals surface area contributed by atoms with Crippen LogP contribution in [0.3, 0.4) is 0 Å². The van der Waals surface area contributed by atoms with E-state index >= 15 is 0 Å². The largest absolute Gasteiger partial charge is 0.343 e. The summed E-state index contributed by atoms with van der Waals surface area (Å²) in [5, 5.41) is 0. The van der Waals surface area contributed by atoms with Gasteiger partial charge in [-0.2, -0.15) is 0 Å². The molecule has 1 aliphatic rings. The van der Waals surface area contributed by atoms with Crippen LogP contribution in [0.25, 0.3) is 0 Å². The van der Waals surface area contributed by atoms with E-state index in [1.807, 2.05) is 18.7 Å². The highest BCUT2D eigenvalue weighted by Crippen LogP contribution is 2.19. The number of aromatic nitrogens is 1. The fourth-order valence-corrected chi connectivity index (χ4v) is 2.67. The molecular formula is C15H21N3O2. The Hall–Kier alpha value is -1.91. The third-order valence-corrected chi connectivity index (χ3v) is 3.79. The van der Waals surface area contributed by atoms with Gasteiger partial charge in [-0.1, -0.05) is 0 Å². The lowest BCUT2D eigenvalue weighted by Gasteiger charge is -2.21. The lowest BCUT2D eigenvalue weighted by atomic mass is 10.1. The minimum atomic E-state index is -0.0296. The normalized spacial score (nSPS) is 18.4. The van der Waals surface area contributed by atoms with Crippen molar-refractivity contribution >= 4 is 11.8 Å². The first kappa shape index (κ1) is 14.5. The van der Waals surface area contributed by atoms with Crippen LogP contribution in [0.1, 0.15) is 29.4 Å². The number of hydrogen-bond acceptors (Lipinski definition) is 3. The molecule has 0 spiro atoms. The van der Waals surface area contributed by atoms with Crippen LogP contribution in [0, 0.1) is 12.8 Å². The summed E-state index contributed by atoms with van der Waals surface area (Å²) in [4.78, 5) is 31.8. The number of rotatable bonds is 4. The molecule has 0 bridgehead atoms. The molecule has 5 nitrogen and oxygen atoms in total. The molecule has 2 amide bonds. The summed E-state index contributed by atoms with van der Waals surface area (Å²) in [5.74, 6) is 0.391. The van der Waals surface area contributed by atoms with E-state index in [4.69, 9.17) is 0 Å². The molecule has 0 unspecified atom stereocenters. The highest BCUT2D eigenvalue weighted by molar-refractivity contribution is 5.95. The first-order valence-electron chi connectivity index (χ1n) is 6.97. The molecule has 0 radical (unpaired) electrons. The Balaban J connectivity index is 1.99. The number of pyridine rings is 1. The van der Waals surface area contributed by atoms with Crippen molar-refractivity contribution in [1.82, 2.24) is 14.8 Å². The van der Waals surface area contributed by atoms with Crippen LogP contribution in [-0.4, -0.2) is 53.3 Å². The van der Waals surface area contributed by atoms with Gasteiger partial charge in [-0.15, -0.1) is 0 Å². The molecular weight excluding hydrogens is 254 g/mol. The molecule has 0 N–H and O–H groups in total. The Labute approximate surface area is 119 Å². The van der Waals surface area contributed by atoms with Crippen molar-refractivity contribution in [1.29, 1.82) is 0 Å². The molecule has 1 atom stereocenters. The third kappa shape index (κ3) is 2.98. The molecule has 1 saturated heterocycles. The maximum Gasteiger partial charge on any atom is 0.255 e. The van der Waals surface area contributed by atoms with Crippen molar-refractivity contribution in [2.45, 2.75) is 20.3 Å². The van der Waals surface area contributed by atoms with Gasteiger partial charge in [-0.05, 0) is 26.0 Å². The van der Waals surface area contributed by atoms with Crippen LogP contribution in [0.5, 0.6) is 0 Å². The number of hydrogen-bond donors (Lipinski definition) is 0. The average Bonchev–Trinajstić information content (AvgIpc) is 2.78. The highest BCUT2D eigenvalue weighted by atomic mass is 16.2. The predicted molar refractivity (Wildman–Crippen MR) is 76.3 cm³/mol. The van der Waals surface area contributed by atoms with Crippen LogP contribution in [0.4, 0.5) is 0 Å². The van der Waals surface area contributed by atoms with Gasteiger partial charge in [0, 0.05) is 50.9 Å². The van der Waals surface area contributed by atoms with E-state index in [-0.39, 0.29) is 17.7 Å². The minimum absolute atomic E-state index is 0.0296. The highest BCUT2D eigenvalue weighted by Gasteiger charge is 2.30. The zero-order valence-corrected chi connectivity index (χ0v) is 12.3. The van der Waals surface area contributed by atoms with Gasteiger partial charge in [0.05, 0.1) is 5.56 Å². The summed E-state index contributed by atoms with van der Waals surface area (Å²) in [6.45, 7) is 5.91. The van der Waals surface area contributed by atoms with Crippen molar-refractivity contribution in [3.63, 3.8) is 0 Å². The van der Waals surface area contributed by atoms with Gasteiger partial charge in [0.1, 0.15) is 0 Å². The van der Waals surface area contributed by atoms with Gasteiger partial charge in [0.15, 0.2) is 0 Å². The molecule has 1 fully saturated rings. The summed E-state index contributed by atoms with van der Waals surface area (Å²) in [6.07, 6.45) is 2.22. The van der Waals surface area contributed by atoms with Crippen molar-refractivity contribution in [2.24, 2.45) is 5.92 Å². The second kappa shape index (κ2) is 6.03. The first-order chi connectivity index (χ1) is 9.52. The fourth-order valence-electron chi connectivity index (χ4n) is 2.67. The SMILES string of the molecule is CCN1C[C@@H](CN(C)C(=O)c2cccnc2C)CC1=O. The molecule has 0 aromatic carbocycles. The summed E-state index contributed by atoms with van der Waals surface area (Å²) in [7, 11) is 1.79. The van der Waals surface area contributed by atoms with Crippen molar-refractivity contribution in [3.05, 3.63) is 29.6 Å². The second-order valence-corrected chi connectivity index (χ2v) is 5.32. The molecule has 108 valence electrons. The van der Waals surface area contributed by atoms with Gasteiger partial charge in [0.2, 0.25) is 5.91 Å². The third-order valence-electron chi connectivity index (χ3n) is 3.79. The maximum absolute atomic E-state index is 12.4. The van der Waals surface area contributed by atoms with Crippen molar-refractivity contribution < 1.29 is 9.59 Å². The zero-order valence-electron chi connectivity index (χ0n) is 12.3. The fraction of sp³-hybridized carbons (Fsp3) is 0.533. The Morgan fingerprint density at radius 3 is 2.90 bits per heavy atom. The molecule has 2 heterocycles. The molecule has 0 aliphatic carbocycles. The standard InChI is InChI=1S/C15H21N3O2/c1-4-18-10-12(8-14(18)19)9-17(3)15(20)13-6-5-7-16-11(13)2/h5-7,12H,4,8-10H2,1-3H3/t12-/m1/s1. The molecule has 1 aromatic heterocycles. The lowest BCUT2D eigenvalue weighted by molar-refractivity contribution is -0.127. The van der Waals surface area contributed by atoms with Crippen LogP contribution >= 0.6 is 0 Å². The molecule has 5 heteroatoms. The van der Waals surface area contributed by atoms with Gasteiger partial charge < -0.3 is 9.80 Å². The Kier molecular flexibility index (Phi) is 4.37. The zero-order chi connectivity index (χ0) is 14.7. The Bertz CT molecular complexity index is 516. The Morgan fingerprint density at radius 1 is 1.55 bits per heavy atom. The van der Waals surface area contributed by atoms with E-state index in [2.05, 4.69) is 4.98 Å². The molecule has 2 rings (SSSR count). The summed E-state index contributed by atoms with van der Waals surface area (Å²) in [5.41, 5.74) is 1.37. The smallest absolute Gasteiger partial charge is 0.255 e. The van der Waals surface area contributed by atoms with Gasteiger partial charge >= 0.3 is 0 Å².